The van der Waals surface area contributed by atoms with Crippen molar-refractivity contribution in [3.05, 3.63) is 76.1 Å². The number of hydrogen-bond acceptors (Lipinski definition) is 5. The lowest BCUT2D eigenvalue weighted by Gasteiger charge is -2.14. The minimum Gasteiger partial charge on any atom is -0.493 e. The van der Waals surface area contributed by atoms with Gasteiger partial charge >= 0.3 is 0 Å². The Morgan fingerprint density at radius 3 is 2.67 bits per heavy atom. The van der Waals surface area contributed by atoms with E-state index in [2.05, 4.69) is 35.0 Å². The Kier molecular flexibility index (Phi) is 10.9. The number of nitrogens with one attached hydrogen (secondary N) is 3. The van der Waals surface area contributed by atoms with E-state index in [4.69, 9.17) is 16.3 Å². The van der Waals surface area contributed by atoms with Gasteiger partial charge in [-0.15, -0.1) is 0 Å². The molecule has 0 unspecified atom stereocenters. The first-order valence-electron chi connectivity index (χ1n) is 11.0. The number of halogens is 2. The van der Waals surface area contributed by atoms with Crippen molar-refractivity contribution in [2.45, 2.75) is 40.8 Å². The zero-order valence-electron chi connectivity index (χ0n) is 19.5. The van der Waals surface area contributed by atoms with Crippen LogP contribution in [0.15, 0.2) is 53.7 Å². The summed E-state index contributed by atoms with van der Waals surface area (Å²) in [6.07, 6.45) is 3.35. The number of amidine groups is 1. The van der Waals surface area contributed by atoms with Gasteiger partial charge in [-0.05, 0) is 61.4 Å². The van der Waals surface area contributed by atoms with Gasteiger partial charge in [-0.25, -0.2) is 4.39 Å². The third-order valence-corrected chi connectivity index (χ3v) is 4.72. The molecule has 0 aliphatic heterocycles. The molecule has 0 heterocycles. The fraction of sp³-hybridized carbons (Fsp3) is 0.360. The van der Waals surface area contributed by atoms with E-state index in [0.29, 0.717) is 36.4 Å². The molecule has 2 aromatic carbocycles. The smallest absolute Gasteiger partial charge is 0.259 e. The molecule has 2 aromatic rings. The summed E-state index contributed by atoms with van der Waals surface area (Å²) in [6, 6.07) is 9.96. The Morgan fingerprint density at radius 1 is 1.21 bits per heavy atom. The summed E-state index contributed by atoms with van der Waals surface area (Å²) >= 11 is 6.13. The van der Waals surface area contributed by atoms with Gasteiger partial charge in [0, 0.05) is 17.1 Å². The first-order valence-corrected chi connectivity index (χ1v) is 11.4. The highest BCUT2D eigenvalue weighted by molar-refractivity contribution is 6.30. The van der Waals surface area contributed by atoms with Gasteiger partial charge in [-0.3, -0.25) is 4.79 Å². The lowest BCUT2D eigenvalue weighted by Crippen LogP contribution is -2.31. The van der Waals surface area contributed by atoms with Crippen LogP contribution in [0.25, 0.3) is 0 Å². The highest BCUT2D eigenvalue weighted by Gasteiger charge is 2.14. The van der Waals surface area contributed by atoms with E-state index in [9.17, 15) is 9.18 Å². The van der Waals surface area contributed by atoms with Crippen molar-refractivity contribution in [2.75, 3.05) is 13.2 Å². The Bertz CT molecular complexity index is 992. The minimum atomic E-state index is -0.582. The summed E-state index contributed by atoms with van der Waals surface area (Å²) in [6.45, 7) is 10.1. The van der Waals surface area contributed by atoms with Gasteiger partial charge in [0.25, 0.3) is 5.91 Å². The van der Waals surface area contributed by atoms with Gasteiger partial charge < -0.3 is 20.8 Å². The predicted molar refractivity (Wildman–Crippen MR) is 132 cm³/mol. The van der Waals surface area contributed by atoms with E-state index in [-0.39, 0.29) is 11.4 Å². The molecule has 0 atom stereocenters. The molecule has 3 N–H and O–H groups in total. The van der Waals surface area contributed by atoms with E-state index in [0.717, 1.165) is 17.7 Å². The molecule has 1 amide bonds. The van der Waals surface area contributed by atoms with Crippen molar-refractivity contribution in [2.24, 2.45) is 11.0 Å². The zero-order chi connectivity index (χ0) is 24.2. The maximum absolute atomic E-state index is 14.5. The average Bonchev–Trinajstić information content (AvgIpc) is 2.77. The van der Waals surface area contributed by atoms with Crippen molar-refractivity contribution < 1.29 is 13.9 Å². The fourth-order valence-electron chi connectivity index (χ4n) is 2.86. The second-order valence-corrected chi connectivity index (χ2v) is 8.27. The van der Waals surface area contributed by atoms with Crippen LogP contribution < -0.4 is 20.8 Å². The van der Waals surface area contributed by atoms with Gasteiger partial charge in [-0.2, -0.15) is 5.10 Å². The highest BCUT2D eigenvalue weighted by Crippen LogP contribution is 2.23. The van der Waals surface area contributed by atoms with Crippen LogP contribution in [0.1, 0.15) is 49.2 Å². The molecule has 0 saturated carbocycles. The van der Waals surface area contributed by atoms with Crippen molar-refractivity contribution in [3.63, 3.8) is 0 Å². The van der Waals surface area contributed by atoms with Crippen LogP contribution in [0, 0.1) is 11.7 Å². The third-order valence-electron chi connectivity index (χ3n) is 4.49. The Morgan fingerprint density at radius 2 is 2.00 bits per heavy atom. The van der Waals surface area contributed by atoms with E-state index in [1.54, 1.807) is 37.3 Å². The summed E-state index contributed by atoms with van der Waals surface area (Å²) in [4.78, 5) is 12.6. The molecule has 33 heavy (non-hydrogen) atoms. The third kappa shape index (κ3) is 8.86. The number of ether oxygens (including phenoxy) is 1. The normalized spacial score (nSPS) is 11.8. The summed E-state index contributed by atoms with van der Waals surface area (Å²) in [5.74, 6) is 0.192. The molecular formula is C25H32ClFN4O2. The SMILES string of the molecule is C/C=C/C(=N\NCc1cc(Cl)ccc1OCC(C)C)NC(=O)c1ccc(CNCC)cc1F. The number of allylic oxidation sites excluding steroid dienone is 1. The number of nitrogens with zero attached hydrogens (tertiary/aromatic N) is 1. The van der Waals surface area contributed by atoms with Crippen LogP contribution in [0.2, 0.25) is 5.02 Å². The highest BCUT2D eigenvalue weighted by atomic mass is 35.5. The molecule has 0 aliphatic rings. The minimum absolute atomic E-state index is 0.0494. The average molecular weight is 475 g/mol. The predicted octanol–water partition coefficient (Wildman–Crippen LogP) is 5.03. The van der Waals surface area contributed by atoms with E-state index < -0.39 is 11.7 Å². The number of rotatable bonds is 11. The first-order chi connectivity index (χ1) is 15.8. The summed E-state index contributed by atoms with van der Waals surface area (Å²) in [7, 11) is 0. The monoisotopic (exact) mass is 474 g/mol. The molecule has 0 aliphatic carbocycles. The Labute approximate surface area is 200 Å². The lowest BCUT2D eigenvalue weighted by molar-refractivity contribution is 0.0973. The standard InChI is InChI=1S/C25H32ClFN4O2/c1-5-7-24(30-25(32)21-10-8-18(12-22(21)27)14-28-6-2)31-29-15-19-13-20(26)9-11-23(19)33-16-17(3)4/h5,7-13,17,28-29H,6,14-16H2,1-4H3,(H,30,31,32)/b7-5+. The lowest BCUT2D eigenvalue weighted by atomic mass is 10.1. The van der Waals surface area contributed by atoms with Crippen LogP contribution in [0.4, 0.5) is 4.39 Å². The van der Waals surface area contributed by atoms with Crippen LogP contribution in [0.3, 0.4) is 0 Å². The molecule has 0 saturated heterocycles. The zero-order valence-corrected chi connectivity index (χ0v) is 20.3. The molecular weight excluding hydrogens is 443 g/mol. The number of benzene rings is 2. The van der Waals surface area contributed by atoms with Gasteiger partial charge in [0.15, 0.2) is 5.84 Å². The molecule has 178 valence electrons. The molecule has 0 spiro atoms. The fourth-order valence-corrected chi connectivity index (χ4v) is 3.06. The van der Waals surface area contributed by atoms with Crippen molar-refractivity contribution in [3.8, 4) is 5.75 Å². The van der Waals surface area contributed by atoms with Gasteiger partial charge in [0.2, 0.25) is 0 Å². The van der Waals surface area contributed by atoms with Gasteiger partial charge in [0.05, 0.1) is 18.7 Å². The van der Waals surface area contributed by atoms with Crippen molar-refractivity contribution >= 4 is 23.3 Å². The van der Waals surface area contributed by atoms with Gasteiger partial charge in [0.1, 0.15) is 11.6 Å². The number of hydrogen-bond donors (Lipinski definition) is 3. The molecule has 8 heteroatoms. The van der Waals surface area contributed by atoms with Crippen molar-refractivity contribution in [1.29, 1.82) is 0 Å². The van der Waals surface area contributed by atoms with Gasteiger partial charge in [-0.1, -0.05) is 44.5 Å². The second kappa shape index (κ2) is 13.6. The number of carbonyl (C=O) groups excluding carboxylic acids is 1. The summed E-state index contributed by atoms with van der Waals surface area (Å²) in [5, 5.41) is 10.6. The summed E-state index contributed by atoms with van der Waals surface area (Å²) < 4.78 is 20.3. The largest absolute Gasteiger partial charge is 0.493 e. The molecule has 0 fully saturated rings. The quantitative estimate of drug-likeness (QED) is 0.242. The Hall–Kier alpha value is -2.90. The molecule has 0 bridgehead atoms. The van der Waals surface area contributed by atoms with Crippen LogP contribution in [-0.2, 0) is 13.1 Å². The van der Waals surface area contributed by atoms with Crippen LogP contribution in [0.5, 0.6) is 5.75 Å². The number of amides is 1. The molecule has 0 radical (unpaired) electrons. The van der Waals surface area contributed by atoms with Crippen LogP contribution in [-0.4, -0.2) is 24.9 Å². The molecule has 2 rings (SSSR count). The number of carbonyl (C=O) groups is 1. The number of hydrazone groups is 1. The second-order valence-electron chi connectivity index (χ2n) is 7.84. The molecule has 6 nitrogen and oxygen atoms in total. The van der Waals surface area contributed by atoms with Crippen LogP contribution >= 0.6 is 11.6 Å². The first kappa shape index (κ1) is 26.4. The maximum atomic E-state index is 14.5. The maximum Gasteiger partial charge on any atom is 0.259 e. The summed E-state index contributed by atoms with van der Waals surface area (Å²) in [5.41, 5.74) is 4.48. The van der Waals surface area contributed by atoms with E-state index in [1.165, 1.54) is 12.1 Å². The Balaban J connectivity index is 2.08. The molecule has 0 aromatic heterocycles. The van der Waals surface area contributed by atoms with E-state index >= 15 is 0 Å². The van der Waals surface area contributed by atoms with Crippen molar-refractivity contribution in [1.82, 2.24) is 16.1 Å². The topological polar surface area (TPSA) is 74.8 Å². The van der Waals surface area contributed by atoms with E-state index in [1.807, 2.05) is 13.0 Å².